The van der Waals surface area contributed by atoms with E-state index in [0.717, 1.165) is 0 Å². The molecule has 7 heteroatoms. The van der Waals surface area contributed by atoms with Crippen molar-refractivity contribution in [1.29, 1.82) is 0 Å². The van der Waals surface area contributed by atoms with Gasteiger partial charge in [-0.3, -0.25) is 4.79 Å². The number of amides is 1. The van der Waals surface area contributed by atoms with Crippen molar-refractivity contribution in [2.45, 2.75) is 0 Å². The average molecular weight is 339 g/mol. The Morgan fingerprint density at radius 1 is 1.45 bits per heavy atom. The van der Waals surface area contributed by atoms with Gasteiger partial charge in [0.05, 0.1) is 11.3 Å². The summed E-state index contributed by atoms with van der Waals surface area (Å²) < 4.78 is 14.3. The highest BCUT2D eigenvalue weighted by Gasteiger charge is 2.20. The monoisotopic (exact) mass is 338 g/mol. The van der Waals surface area contributed by atoms with E-state index in [9.17, 15) is 9.18 Å². The number of carbonyl (C=O) groups is 1. The van der Waals surface area contributed by atoms with Crippen LogP contribution in [0.2, 0.25) is 0 Å². The summed E-state index contributed by atoms with van der Waals surface area (Å²) in [5.41, 5.74) is 2.78. The van der Waals surface area contributed by atoms with Gasteiger partial charge < -0.3 is 10.3 Å². The van der Waals surface area contributed by atoms with Gasteiger partial charge in [0.25, 0.3) is 5.91 Å². The molecule has 0 atom stereocenters. The van der Waals surface area contributed by atoms with Crippen molar-refractivity contribution in [1.82, 2.24) is 4.98 Å². The number of halogens is 2. The van der Waals surface area contributed by atoms with Crippen LogP contribution in [0.4, 0.5) is 15.9 Å². The van der Waals surface area contributed by atoms with E-state index in [1.54, 1.807) is 18.2 Å². The molecule has 2 rings (SSSR count). The molecule has 0 aliphatic rings. The molecule has 1 aromatic heterocycles. The fraction of sp³-hybridized carbons (Fsp3) is 0.0769. The number of benzene rings is 1. The molecule has 0 radical (unpaired) electrons. The summed E-state index contributed by atoms with van der Waals surface area (Å²) in [6.07, 6.45) is 1.51. The lowest BCUT2D eigenvalue weighted by atomic mass is 10.2. The number of nitrogen functional groups attached to an aromatic ring is 1. The quantitative estimate of drug-likeness (QED) is 0.666. The molecule has 1 aromatic carbocycles. The van der Waals surface area contributed by atoms with Crippen molar-refractivity contribution in [3.63, 3.8) is 0 Å². The first-order valence-electron chi connectivity index (χ1n) is 5.69. The highest BCUT2D eigenvalue weighted by Crippen LogP contribution is 2.23. The molecule has 20 heavy (non-hydrogen) atoms. The van der Waals surface area contributed by atoms with Gasteiger partial charge >= 0.3 is 0 Å². The van der Waals surface area contributed by atoms with Gasteiger partial charge in [-0.2, -0.15) is 0 Å². The topological polar surface area (TPSA) is 71.2 Å². The van der Waals surface area contributed by atoms with Crippen molar-refractivity contribution in [2.24, 2.45) is 5.84 Å². The standard InChI is InChI=1S/C13H12BrFN4O/c1-19(11-5-3-2-4-10(11)15)13(20)9-6-8(14)7-17-12(9)18-16/h2-7H,16H2,1H3,(H,17,18). The molecule has 0 unspecified atom stereocenters. The van der Waals surface area contributed by atoms with Crippen LogP contribution in [0.5, 0.6) is 0 Å². The molecule has 1 heterocycles. The molecule has 0 saturated heterocycles. The van der Waals surface area contributed by atoms with Gasteiger partial charge in [0.15, 0.2) is 5.82 Å². The van der Waals surface area contributed by atoms with Crippen molar-refractivity contribution in [3.8, 4) is 0 Å². The summed E-state index contributed by atoms with van der Waals surface area (Å²) >= 11 is 3.24. The summed E-state index contributed by atoms with van der Waals surface area (Å²) in [7, 11) is 1.49. The molecule has 1 amide bonds. The Morgan fingerprint density at radius 2 is 2.15 bits per heavy atom. The van der Waals surface area contributed by atoms with Crippen LogP contribution in [0.1, 0.15) is 10.4 Å². The van der Waals surface area contributed by atoms with Crippen LogP contribution in [0.15, 0.2) is 41.0 Å². The number of hydrogen-bond donors (Lipinski definition) is 2. The Bertz CT molecular complexity index is 650. The van der Waals surface area contributed by atoms with Crippen LogP contribution < -0.4 is 16.2 Å². The third-order valence-corrected chi connectivity index (χ3v) is 3.17. The van der Waals surface area contributed by atoms with Gasteiger partial charge in [-0.05, 0) is 34.1 Å². The molecule has 0 aliphatic carbocycles. The van der Waals surface area contributed by atoms with E-state index in [1.807, 2.05) is 0 Å². The Labute approximate surface area is 123 Å². The van der Waals surface area contributed by atoms with Crippen LogP contribution in [0.3, 0.4) is 0 Å². The number of hydrazine groups is 1. The number of rotatable bonds is 3. The molecule has 2 aromatic rings. The second kappa shape index (κ2) is 5.98. The summed E-state index contributed by atoms with van der Waals surface area (Å²) in [6, 6.07) is 7.60. The predicted molar refractivity (Wildman–Crippen MR) is 78.9 cm³/mol. The van der Waals surface area contributed by atoms with Crippen LogP contribution in [0.25, 0.3) is 0 Å². The third kappa shape index (κ3) is 2.78. The number of pyridine rings is 1. The maximum atomic E-state index is 13.7. The van der Waals surface area contributed by atoms with E-state index >= 15 is 0 Å². The smallest absolute Gasteiger partial charge is 0.261 e. The number of nitrogens with two attached hydrogens (primary N) is 1. The Hall–Kier alpha value is -1.99. The number of carbonyl (C=O) groups excluding carboxylic acids is 1. The van der Waals surface area contributed by atoms with Gasteiger partial charge in [0.1, 0.15) is 5.82 Å². The minimum absolute atomic E-state index is 0.181. The van der Waals surface area contributed by atoms with Crippen molar-refractivity contribution < 1.29 is 9.18 Å². The fourth-order valence-corrected chi connectivity index (χ4v) is 2.06. The molecule has 3 N–H and O–H groups in total. The third-order valence-electron chi connectivity index (χ3n) is 2.74. The molecule has 0 fully saturated rings. The molecular weight excluding hydrogens is 327 g/mol. The van der Waals surface area contributed by atoms with E-state index in [0.29, 0.717) is 4.47 Å². The van der Waals surface area contributed by atoms with Crippen LogP contribution >= 0.6 is 15.9 Å². The summed E-state index contributed by atoms with van der Waals surface area (Å²) in [5.74, 6) is 4.66. The summed E-state index contributed by atoms with van der Waals surface area (Å²) in [4.78, 5) is 17.6. The van der Waals surface area contributed by atoms with Gasteiger partial charge in [-0.1, -0.05) is 12.1 Å². The molecule has 0 spiro atoms. The second-order valence-electron chi connectivity index (χ2n) is 4.01. The minimum Gasteiger partial charge on any atom is -0.309 e. The Balaban J connectivity index is 2.41. The maximum Gasteiger partial charge on any atom is 0.261 e. The van der Waals surface area contributed by atoms with E-state index in [-0.39, 0.29) is 17.1 Å². The predicted octanol–water partition coefficient (Wildman–Crippen LogP) is 2.55. The molecule has 0 aliphatic heterocycles. The van der Waals surface area contributed by atoms with E-state index in [1.165, 1.54) is 30.3 Å². The van der Waals surface area contributed by atoms with Crippen LogP contribution in [-0.2, 0) is 0 Å². The lowest BCUT2D eigenvalue weighted by molar-refractivity contribution is 0.0992. The van der Waals surface area contributed by atoms with Gasteiger partial charge in [-0.15, -0.1) is 0 Å². The average Bonchev–Trinajstić information content (AvgIpc) is 2.46. The van der Waals surface area contributed by atoms with E-state index < -0.39 is 11.7 Å². The Kier molecular flexibility index (Phi) is 4.31. The zero-order valence-electron chi connectivity index (χ0n) is 10.6. The number of nitrogens with zero attached hydrogens (tertiary/aromatic N) is 2. The first-order valence-corrected chi connectivity index (χ1v) is 6.48. The van der Waals surface area contributed by atoms with E-state index in [4.69, 9.17) is 5.84 Å². The van der Waals surface area contributed by atoms with Gasteiger partial charge in [-0.25, -0.2) is 15.2 Å². The molecule has 104 valence electrons. The highest BCUT2D eigenvalue weighted by atomic mass is 79.9. The summed E-state index contributed by atoms with van der Waals surface area (Å²) in [6.45, 7) is 0. The number of hydrogen-bond acceptors (Lipinski definition) is 4. The van der Waals surface area contributed by atoms with Crippen LogP contribution in [0, 0.1) is 5.82 Å². The molecule has 5 nitrogen and oxygen atoms in total. The maximum absolute atomic E-state index is 13.7. The zero-order chi connectivity index (χ0) is 14.7. The molecule has 0 bridgehead atoms. The fourth-order valence-electron chi connectivity index (χ4n) is 1.73. The number of para-hydroxylation sites is 1. The largest absolute Gasteiger partial charge is 0.309 e. The van der Waals surface area contributed by atoms with Crippen molar-refractivity contribution >= 4 is 33.3 Å². The highest BCUT2D eigenvalue weighted by molar-refractivity contribution is 9.10. The summed E-state index contributed by atoms with van der Waals surface area (Å²) in [5, 5.41) is 0. The minimum atomic E-state index is -0.478. The van der Waals surface area contributed by atoms with Crippen molar-refractivity contribution in [3.05, 3.63) is 52.4 Å². The lowest BCUT2D eigenvalue weighted by Gasteiger charge is -2.19. The second-order valence-corrected chi connectivity index (χ2v) is 4.93. The number of nitrogens with one attached hydrogen (secondary N) is 1. The first kappa shape index (κ1) is 14.4. The molecular formula is C13H12BrFN4O. The van der Waals surface area contributed by atoms with Crippen molar-refractivity contribution in [2.75, 3.05) is 17.4 Å². The first-order chi connectivity index (χ1) is 9.54. The lowest BCUT2D eigenvalue weighted by Crippen LogP contribution is -2.28. The van der Waals surface area contributed by atoms with Gasteiger partial charge in [0, 0.05) is 17.7 Å². The normalized spacial score (nSPS) is 10.2. The zero-order valence-corrected chi connectivity index (χ0v) is 12.2. The SMILES string of the molecule is CN(C(=O)c1cc(Br)cnc1NN)c1ccccc1F. The number of aromatic nitrogens is 1. The Morgan fingerprint density at radius 3 is 2.80 bits per heavy atom. The van der Waals surface area contributed by atoms with Gasteiger partial charge in [0.2, 0.25) is 0 Å². The molecule has 0 saturated carbocycles. The van der Waals surface area contributed by atoms with E-state index in [2.05, 4.69) is 26.3 Å². The number of anilines is 2. The van der Waals surface area contributed by atoms with Crippen LogP contribution in [-0.4, -0.2) is 17.9 Å².